The maximum Gasteiger partial charge on any atom is 0.150 e. The Balaban J connectivity index is 2.93. The average molecular weight is 291 g/mol. The van der Waals surface area contributed by atoms with Gasteiger partial charge in [-0.1, -0.05) is 15.9 Å². The van der Waals surface area contributed by atoms with Gasteiger partial charge in [0, 0.05) is 10.9 Å². The summed E-state index contributed by atoms with van der Waals surface area (Å²) in [6.07, 6.45) is -1.34. The predicted octanol–water partition coefficient (Wildman–Crippen LogP) is 1.82. The van der Waals surface area contributed by atoms with Crippen molar-refractivity contribution < 1.29 is 19.4 Å². The molecule has 0 saturated heterocycles. The summed E-state index contributed by atoms with van der Waals surface area (Å²) in [5.41, 5.74) is 0.343. The number of aliphatic hydroxyl groups is 2. The van der Waals surface area contributed by atoms with Gasteiger partial charge in [0.1, 0.15) is 18.2 Å². The molecule has 16 heavy (non-hydrogen) atoms. The van der Waals surface area contributed by atoms with Crippen LogP contribution in [0.4, 0.5) is 4.39 Å². The van der Waals surface area contributed by atoms with E-state index >= 15 is 0 Å². The summed E-state index contributed by atoms with van der Waals surface area (Å²) in [4.78, 5) is 10.5. The molecule has 0 aliphatic rings. The third-order valence-corrected chi connectivity index (χ3v) is 2.65. The van der Waals surface area contributed by atoms with Crippen LogP contribution in [0.1, 0.15) is 28.4 Å². The summed E-state index contributed by atoms with van der Waals surface area (Å²) in [6.45, 7) is 0. The van der Waals surface area contributed by atoms with Crippen LogP contribution in [-0.4, -0.2) is 27.9 Å². The summed E-state index contributed by atoms with van der Waals surface area (Å²) < 4.78 is 13.1. The van der Waals surface area contributed by atoms with Crippen molar-refractivity contribution in [3.05, 3.63) is 35.1 Å². The van der Waals surface area contributed by atoms with Crippen LogP contribution >= 0.6 is 15.9 Å². The van der Waals surface area contributed by atoms with Gasteiger partial charge in [-0.15, -0.1) is 0 Å². The summed E-state index contributed by atoms with van der Waals surface area (Å²) >= 11 is 3.13. The molecule has 0 radical (unpaired) electrons. The minimum absolute atomic E-state index is 0.139. The molecule has 0 heterocycles. The third kappa shape index (κ3) is 3.37. The van der Waals surface area contributed by atoms with Crippen molar-refractivity contribution in [3.8, 4) is 0 Å². The summed E-state index contributed by atoms with van der Waals surface area (Å²) in [7, 11) is 0. The summed E-state index contributed by atoms with van der Waals surface area (Å²) in [5, 5.41) is 19.8. The van der Waals surface area contributed by atoms with Crippen molar-refractivity contribution in [2.75, 3.05) is 5.33 Å². The first kappa shape index (κ1) is 13.3. The number of aldehydes is 1. The zero-order chi connectivity index (χ0) is 12.1. The smallest absolute Gasteiger partial charge is 0.150 e. The highest BCUT2D eigenvalue weighted by atomic mass is 79.9. The van der Waals surface area contributed by atoms with Gasteiger partial charge >= 0.3 is 0 Å². The van der Waals surface area contributed by atoms with Crippen LogP contribution in [-0.2, 0) is 0 Å². The Hall–Kier alpha value is -0.780. The van der Waals surface area contributed by atoms with Gasteiger partial charge in [0.15, 0.2) is 0 Å². The fraction of sp³-hybridized carbons (Fsp3) is 0.364. The van der Waals surface area contributed by atoms with Crippen LogP contribution < -0.4 is 0 Å². The van der Waals surface area contributed by atoms with E-state index in [1.807, 2.05) is 0 Å². The molecule has 0 fully saturated rings. The van der Waals surface area contributed by atoms with E-state index in [1.165, 1.54) is 6.07 Å². The lowest BCUT2D eigenvalue weighted by Crippen LogP contribution is -2.18. The number of alkyl halides is 1. The molecule has 0 saturated carbocycles. The number of benzene rings is 1. The van der Waals surface area contributed by atoms with Gasteiger partial charge in [0.05, 0.1) is 6.10 Å². The fourth-order valence-electron chi connectivity index (χ4n) is 1.37. The van der Waals surface area contributed by atoms with E-state index in [9.17, 15) is 19.4 Å². The Morgan fingerprint density at radius 3 is 2.62 bits per heavy atom. The van der Waals surface area contributed by atoms with E-state index in [2.05, 4.69) is 15.9 Å². The van der Waals surface area contributed by atoms with E-state index in [1.54, 1.807) is 0 Å². The molecule has 2 atom stereocenters. The van der Waals surface area contributed by atoms with Crippen molar-refractivity contribution in [3.63, 3.8) is 0 Å². The zero-order valence-corrected chi connectivity index (χ0v) is 10.0. The SMILES string of the molecule is O=Cc1cc(F)cc(C(O)C(O)CCBr)c1. The quantitative estimate of drug-likeness (QED) is 0.642. The first-order valence-corrected chi connectivity index (χ1v) is 5.88. The number of halogens is 2. The molecule has 88 valence electrons. The van der Waals surface area contributed by atoms with E-state index in [4.69, 9.17) is 0 Å². The van der Waals surface area contributed by atoms with Crippen LogP contribution in [0.5, 0.6) is 0 Å². The second-order valence-electron chi connectivity index (χ2n) is 3.43. The standard InChI is InChI=1S/C11H12BrFO3/c12-2-1-10(15)11(16)8-3-7(6-14)4-9(13)5-8/h3-6,10-11,15-16H,1-2H2. The highest BCUT2D eigenvalue weighted by Gasteiger charge is 2.18. The lowest BCUT2D eigenvalue weighted by atomic mass is 10.0. The molecule has 0 spiro atoms. The largest absolute Gasteiger partial charge is 0.390 e. The molecule has 0 aromatic heterocycles. The highest BCUT2D eigenvalue weighted by molar-refractivity contribution is 9.09. The second-order valence-corrected chi connectivity index (χ2v) is 4.22. The van der Waals surface area contributed by atoms with E-state index in [-0.39, 0.29) is 11.1 Å². The molecule has 1 rings (SSSR count). The molecule has 0 amide bonds. The number of aliphatic hydroxyl groups excluding tert-OH is 2. The Labute approximate surface area is 101 Å². The maximum atomic E-state index is 13.1. The number of hydrogen-bond acceptors (Lipinski definition) is 3. The number of rotatable bonds is 5. The molecule has 1 aromatic rings. The van der Waals surface area contributed by atoms with Crippen LogP contribution in [0, 0.1) is 5.82 Å². The molecule has 1 aromatic carbocycles. The van der Waals surface area contributed by atoms with Crippen molar-refractivity contribution in [1.82, 2.24) is 0 Å². The second kappa shape index (κ2) is 6.08. The topological polar surface area (TPSA) is 57.5 Å². The molecule has 0 aliphatic heterocycles. The Morgan fingerprint density at radius 2 is 2.06 bits per heavy atom. The first-order valence-electron chi connectivity index (χ1n) is 4.76. The molecule has 2 N–H and O–H groups in total. The Morgan fingerprint density at radius 1 is 1.38 bits per heavy atom. The molecule has 2 unspecified atom stereocenters. The van der Waals surface area contributed by atoms with Crippen molar-refractivity contribution in [2.24, 2.45) is 0 Å². The van der Waals surface area contributed by atoms with Gasteiger partial charge in [0.25, 0.3) is 0 Å². The third-order valence-electron chi connectivity index (χ3n) is 2.19. The van der Waals surface area contributed by atoms with Gasteiger partial charge in [-0.3, -0.25) is 4.79 Å². The molecular formula is C11H12BrFO3. The zero-order valence-electron chi connectivity index (χ0n) is 8.44. The normalized spacial score (nSPS) is 14.5. The van der Waals surface area contributed by atoms with Gasteiger partial charge in [-0.2, -0.15) is 0 Å². The fourth-order valence-corrected chi connectivity index (χ4v) is 1.84. The van der Waals surface area contributed by atoms with Gasteiger partial charge in [-0.05, 0) is 30.2 Å². The summed E-state index contributed by atoms with van der Waals surface area (Å²) in [5.74, 6) is -0.607. The van der Waals surface area contributed by atoms with Gasteiger partial charge in [-0.25, -0.2) is 4.39 Å². The Kier molecular flexibility index (Phi) is 5.05. The summed E-state index contributed by atoms with van der Waals surface area (Å²) in [6, 6.07) is 3.54. The van der Waals surface area contributed by atoms with Crippen LogP contribution in [0.15, 0.2) is 18.2 Å². The molecule has 3 nitrogen and oxygen atoms in total. The molecule has 0 bridgehead atoms. The molecule has 5 heteroatoms. The van der Waals surface area contributed by atoms with E-state index in [0.717, 1.165) is 12.1 Å². The van der Waals surface area contributed by atoms with Crippen LogP contribution in [0.25, 0.3) is 0 Å². The van der Waals surface area contributed by atoms with E-state index < -0.39 is 18.0 Å². The van der Waals surface area contributed by atoms with Crippen LogP contribution in [0.2, 0.25) is 0 Å². The van der Waals surface area contributed by atoms with Gasteiger partial charge < -0.3 is 10.2 Å². The molecule has 0 aliphatic carbocycles. The van der Waals surface area contributed by atoms with Crippen molar-refractivity contribution >= 4 is 22.2 Å². The first-order chi connectivity index (χ1) is 7.58. The number of carbonyl (C=O) groups is 1. The van der Waals surface area contributed by atoms with E-state index in [0.29, 0.717) is 18.0 Å². The average Bonchev–Trinajstić information content (AvgIpc) is 2.27. The lowest BCUT2D eigenvalue weighted by Gasteiger charge is -2.17. The van der Waals surface area contributed by atoms with Crippen molar-refractivity contribution in [2.45, 2.75) is 18.6 Å². The Bertz CT molecular complexity index is 370. The number of hydrogen-bond donors (Lipinski definition) is 2. The molecular weight excluding hydrogens is 279 g/mol. The minimum atomic E-state index is -1.19. The number of carbonyl (C=O) groups excluding carboxylic acids is 1. The predicted molar refractivity (Wildman–Crippen MR) is 61.2 cm³/mol. The van der Waals surface area contributed by atoms with Crippen LogP contribution in [0.3, 0.4) is 0 Å². The maximum absolute atomic E-state index is 13.1. The minimum Gasteiger partial charge on any atom is -0.390 e. The van der Waals surface area contributed by atoms with Gasteiger partial charge in [0.2, 0.25) is 0 Å². The highest BCUT2D eigenvalue weighted by Crippen LogP contribution is 2.21. The van der Waals surface area contributed by atoms with Crippen molar-refractivity contribution in [1.29, 1.82) is 0 Å². The monoisotopic (exact) mass is 290 g/mol. The lowest BCUT2D eigenvalue weighted by molar-refractivity contribution is 0.0172.